The Morgan fingerprint density at radius 2 is 2.17 bits per heavy atom. The molecule has 1 aliphatic carbocycles. The van der Waals surface area contributed by atoms with Gasteiger partial charge in [0.1, 0.15) is 0 Å². The second kappa shape index (κ2) is 5.45. The summed E-state index contributed by atoms with van der Waals surface area (Å²) in [5, 5.41) is 13.0. The van der Waals surface area contributed by atoms with E-state index in [9.17, 15) is 9.90 Å². The van der Waals surface area contributed by atoms with Crippen LogP contribution in [-0.4, -0.2) is 23.2 Å². The van der Waals surface area contributed by atoms with Gasteiger partial charge in [-0.25, -0.2) is 0 Å². The molecule has 0 aromatic carbocycles. The molecule has 2 N–H and O–H groups in total. The Morgan fingerprint density at radius 1 is 1.50 bits per heavy atom. The van der Waals surface area contributed by atoms with Gasteiger partial charge in [0.25, 0.3) is 5.91 Å². The lowest BCUT2D eigenvalue weighted by atomic mass is 9.85. The number of nitrogens with one attached hydrogen (secondary N) is 1. The minimum Gasteiger partial charge on any atom is -0.444 e. The zero-order valence-corrected chi connectivity index (χ0v) is 12.0. The normalized spacial score (nSPS) is 18.6. The van der Waals surface area contributed by atoms with Crippen LogP contribution >= 0.6 is 15.9 Å². The molecular weight excluding hydrogens is 298 g/mol. The summed E-state index contributed by atoms with van der Waals surface area (Å²) in [5.74, 6) is 0.0403. The van der Waals surface area contributed by atoms with Crippen LogP contribution in [0.3, 0.4) is 0 Å². The molecule has 1 saturated carbocycles. The monoisotopic (exact) mass is 315 g/mol. The molecule has 0 unspecified atom stereocenters. The first-order valence-corrected chi connectivity index (χ1v) is 7.06. The first-order chi connectivity index (χ1) is 8.50. The Hall–Kier alpha value is -0.810. The number of rotatable bonds is 3. The number of carbonyl (C=O) groups is 1. The Bertz CT molecular complexity index is 435. The maximum Gasteiger partial charge on any atom is 0.287 e. The lowest BCUT2D eigenvalue weighted by Gasteiger charge is -2.31. The zero-order valence-electron chi connectivity index (χ0n) is 10.5. The predicted octanol–water partition coefficient (Wildman–Crippen LogP) is 2.78. The summed E-state index contributed by atoms with van der Waals surface area (Å²) in [6, 6.07) is 1.75. The van der Waals surface area contributed by atoms with Crippen LogP contribution in [0.5, 0.6) is 0 Å². The third kappa shape index (κ3) is 3.14. The standard InChI is InChI=1S/C13H18BrNO3/c1-9-7-10(14)18-11(9)12(16)15-8-13(17)5-3-2-4-6-13/h7,17H,2-6,8H2,1H3,(H,15,16). The molecule has 0 radical (unpaired) electrons. The van der Waals surface area contributed by atoms with Crippen LogP contribution in [0.15, 0.2) is 15.2 Å². The van der Waals surface area contributed by atoms with Crippen molar-refractivity contribution in [3.05, 3.63) is 22.1 Å². The van der Waals surface area contributed by atoms with E-state index in [1.807, 2.05) is 6.92 Å². The number of aryl methyl sites for hydroxylation is 1. The van der Waals surface area contributed by atoms with E-state index in [-0.39, 0.29) is 5.91 Å². The van der Waals surface area contributed by atoms with Crippen LogP contribution in [0.1, 0.15) is 48.2 Å². The maximum atomic E-state index is 11.9. The fourth-order valence-electron chi connectivity index (χ4n) is 2.38. The van der Waals surface area contributed by atoms with Gasteiger partial charge in [-0.1, -0.05) is 19.3 Å². The largest absolute Gasteiger partial charge is 0.444 e. The molecule has 1 aromatic heterocycles. The minimum absolute atomic E-state index is 0.266. The lowest BCUT2D eigenvalue weighted by molar-refractivity contribution is 0.00500. The highest BCUT2D eigenvalue weighted by molar-refractivity contribution is 9.10. The van der Waals surface area contributed by atoms with Crippen LogP contribution < -0.4 is 5.32 Å². The van der Waals surface area contributed by atoms with Crippen LogP contribution in [0.25, 0.3) is 0 Å². The smallest absolute Gasteiger partial charge is 0.287 e. The van der Waals surface area contributed by atoms with Crippen molar-refractivity contribution in [2.24, 2.45) is 0 Å². The van der Waals surface area contributed by atoms with Crippen molar-refractivity contribution in [1.29, 1.82) is 0 Å². The van der Waals surface area contributed by atoms with Gasteiger partial charge >= 0.3 is 0 Å². The quantitative estimate of drug-likeness (QED) is 0.901. The maximum absolute atomic E-state index is 11.9. The van der Waals surface area contributed by atoms with Crippen molar-refractivity contribution in [1.82, 2.24) is 5.32 Å². The van der Waals surface area contributed by atoms with Crippen LogP contribution in [-0.2, 0) is 0 Å². The third-order valence-electron chi connectivity index (χ3n) is 3.46. The SMILES string of the molecule is Cc1cc(Br)oc1C(=O)NCC1(O)CCCCC1. The highest BCUT2D eigenvalue weighted by Crippen LogP contribution is 2.27. The zero-order chi connectivity index (χ0) is 13.2. The number of halogens is 1. The molecule has 0 spiro atoms. The summed E-state index contributed by atoms with van der Waals surface area (Å²) in [7, 11) is 0. The summed E-state index contributed by atoms with van der Waals surface area (Å²) in [4.78, 5) is 11.9. The van der Waals surface area contributed by atoms with E-state index in [2.05, 4.69) is 21.2 Å². The second-order valence-corrected chi connectivity index (χ2v) is 5.81. The number of hydrogen-bond donors (Lipinski definition) is 2. The lowest BCUT2D eigenvalue weighted by Crippen LogP contribution is -2.44. The molecule has 1 fully saturated rings. The highest BCUT2D eigenvalue weighted by atomic mass is 79.9. The summed E-state index contributed by atoms with van der Waals surface area (Å²) in [5.41, 5.74) is 0.0426. The molecule has 5 heteroatoms. The number of amides is 1. The van der Waals surface area contributed by atoms with Crippen molar-refractivity contribution in [2.75, 3.05) is 6.54 Å². The Kier molecular flexibility index (Phi) is 4.12. The number of aliphatic hydroxyl groups is 1. The van der Waals surface area contributed by atoms with E-state index in [4.69, 9.17) is 4.42 Å². The van der Waals surface area contributed by atoms with E-state index in [1.54, 1.807) is 6.07 Å². The summed E-state index contributed by atoms with van der Waals surface area (Å²) in [6.45, 7) is 2.11. The summed E-state index contributed by atoms with van der Waals surface area (Å²) < 4.78 is 5.81. The Morgan fingerprint density at radius 3 is 2.72 bits per heavy atom. The molecule has 1 aliphatic rings. The first-order valence-electron chi connectivity index (χ1n) is 6.27. The van der Waals surface area contributed by atoms with Crippen LogP contribution in [0, 0.1) is 6.92 Å². The predicted molar refractivity (Wildman–Crippen MR) is 71.5 cm³/mol. The highest BCUT2D eigenvalue weighted by Gasteiger charge is 2.30. The molecule has 0 aliphatic heterocycles. The van der Waals surface area contributed by atoms with Gasteiger partial charge in [-0.2, -0.15) is 0 Å². The molecule has 18 heavy (non-hydrogen) atoms. The van der Waals surface area contributed by atoms with Gasteiger partial charge in [-0.3, -0.25) is 4.79 Å². The molecular formula is C13H18BrNO3. The Balaban J connectivity index is 1.94. The molecule has 1 amide bonds. The number of furan rings is 1. The van der Waals surface area contributed by atoms with Gasteiger partial charge in [0.05, 0.1) is 5.60 Å². The van der Waals surface area contributed by atoms with Crippen molar-refractivity contribution in [3.8, 4) is 0 Å². The van der Waals surface area contributed by atoms with Crippen molar-refractivity contribution >= 4 is 21.8 Å². The van der Waals surface area contributed by atoms with Crippen LogP contribution in [0.4, 0.5) is 0 Å². The van der Waals surface area contributed by atoms with Crippen molar-refractivity contribution in [3.63, 3.8) is 0 Å². The molecule has 0 atom stereocenters. The topological polar surface area (TPSA) is 62.5 Å². The first kappa shape index (κ1) is 13.6. The van der Waals surface area contributed by atoms with E-state index in [0.717, 1.165) is 31.2 Å². The average molecular weight is 316 g/mol. The van der Waals surface area contributed by atoms with Gasteiger partial charge < -0.3 is 14.8 Å². The molecule has 4 nitrogen and oxygen atoms in total. The number of carbonyl (C=O) groups excluding carboxylic acids is 1. The van der Waals surface area contributed by atoms with Gasteiger partial charge in [-0.05, 0) is 41.8 Å². The fraction of sp³-hybridized carbons (Fsp3) is 0.615. The molecule has 100 valence electrons. The third-order valence-corrected chi connectivity index (χ3v) is 3.85. The van der Waals surface area contributed by atoms with Crippen molar-refractivity contribution in [2.45, 2.75) is 44.6 Å². The molecule has 2 rings (SSSR count). The minimum atomic E-state index is -0.744. The van der Waals surface area contributed by atoms with E-state index in [0.29, 0.717) is 17.0 Å². The Labute approximate surface area is 115 Å². The molecule has 0 saturated heterocycles. The molecule has 0 bridgehead atoms. The molecule has 1 heterocycles. The van der Waals surface area contributed by atoms with E-state index in [1.165, 1.54) is 6.42 Å². The molecule has 1 aromatic rings. The number of hydrogen-bond acceptors (Lipinski definition) is 3. The van der Waals surface area contributed by atoms with E-state index >= 15 is 0 Å². The summed E-state index contributed by atoms with van der Waals surface area (Å²) >= 11 is 3.19. The van der Waals surface area contributed by atoms with Gasteiger partial charge in [0.15, 0.2) is 10.4 Å². The van der Waals surface area contributed by atoms with Gasteiger partial charge in [0, 0.05) is 12.1 Å². The van der Waals surface area contributed by atoms with E-state index < -0.39 is 5.60 Å². The fourth-order valence-corrected chi connectivity index (χ4v) is 2.89. The average Bonchev–Trinajstić information content (AvgIpc) is 2.67. The second-order valence-electron chi connectivity index (χ2n) is 5.03. The summed E-state index contributed by atoms with van der Waals surface area (Å²) in [6.07, 6.45) is 4.73. The van der Waals surface area contributed by atoms with Crippen LogP contribution in [0.2, 0.25) is 0 Å². The van der Waals surface area contributed by atoms with Gasteiger partial charge in [0.2, 0.25) is 0 Å². The van der Waals surface area contributed by atoms with Gasteiger partial charge in [-0.15, -0.1) is 0 Å². The van der Waals surface area contributed by atoms with Crippen molar-refractivity contribution < 1.29 is 14.3 Å².